The van der Waals surface area contributed by atoms with Gasteiger partial charge in [0.05, 0.1) is 18.1 Å². The molecule has 2 fully saturated rings. The summed E-state index contributed by atoms with van der Waals surface area (Å²) in [5.41, 5.74) is 3.00. The summed E-state index contributed by atoms with van der Waals surface area (Å²) in [4.78, 5) is 15.2. The zero-order chi connectivity index (χ0) is 20.8. The van der Waals surface area contributed by atoms with Gasteiger partial charge in [-0.2, -0.15) is 0 Å². The molecule has 2 aromatic rings. The van der Waals surface area contributed by atoms with Gasteiger partial charge < -0.3 is 4.57 Å². The molecule has 1 aromatic heterocycles. The minimum absolute atomic E-state index is 0.00782. The largest absolute Gasteiger partial charge is 0.344 e. The molecule has 1 aromatic carbocycles. The van der Waals surface area contributed by atoms with E-state index in [9.17, 15) is 17.6 Å². The van der Waals surface area contributed by atoms with Crippen molar-refractivity contribution in [2.24, 2.45) is 0 Å². The van der Waals surface area contributed by atoms with Crippen LogP contribution in [0.1, 0.15) is 52.6 Å². The minimum Gasteiger partial charge on any atom is -0.344 e. The van der Waals surface area contributed by atoms with E-state index in [0.29, 0.717) is 30.1 Å². The van der Waals surface area contributed by atoms with Crippen LogP contribution in [0.4, 0.5) is 4.39 Å². The number of nitrogens with zero attached hydrogens (tertiary/aromatic N) is 2. The van der Waals surface area contributed by atoms with Gasteiger partial charge in [-0.15, -0.1) is 0 Å². The van der Waals surface area contributed by atoms with Crippen LogP contribution in [0, 0.1) is 19.7 Å². The number of hydrogen-bond acceptors (Lipinski definition) is 4. The van der Waals surface area contributed by atoms with Crippen molar-refractivity contribution in [3.63, 3.8) is 0 Å². The van der Waals surface area contributed by atoms with E-state index in [4.69, 9.17) is 0 Å². The number of carbonyl (C=O) groups is 1. The number of aromatic nitrogens is 1. The molecule has 1 aliphatic carbocycles. The number of sulfone groups is 1. The van der Waals surface area contributed by atoms with Crippen LogP contribution in [0.5, 0.6) is 0 Å². The molecule has 0 bridgehead atoms. The van der Waals surface area contributed by atoms with E-state index in [1.165, 1.54) is 6.07 Å². The summed E-state index contributed by atoms with van der Waals surface area (Å²) < 4.78 is 39.9. The highest BCUT2D eigenvalue weighted by Gasteiger charge is 2.34. The van der Waals surface area contributed by atoms with Crippen molar-refractivity contribution in [3.05, 3.63) is 58.7 Å². The first-order chi connectivity index (χ1) is 13.7. The van der Waals surface area contributed by atoms with Crippen LogP contribution >= 0.6 is 0 Å². The molecule has 0 spiro atoms. The molecule has 5 nitrogen and oxygen atoms in total. The van der Waals surface area contributed by atoms with Gasteiger partial charge >= 0.3 is 0 Å². The van der Waals surface area contributed by atoms with Gasteiger partial charge in [-0.3, -0.25) is 9.69 Å². The van der Waals surface area contributed by atoms with Crippen LogP contribution in [0.25, 0.3) is 0 Å². The lowest BCUT2D eigenvalue weighted by atomic mass is 10.1. The molecule has 2 aliphatic rings. The number of rotatable bonds is 7. The highest BCUT2D eigenvalue weighted by molar-refractivity contribution is 7.91. The average Bonchev–Trinajstić information content (AvgIpc) is 3.38. The molecule has 4 rings (SSSR count). The second kappa shape index (κ2) is 7.69. The van der Waals surface area contributed by atoms with E-state index in [1.807, 2.05) is 30.5 Å². The molecule has 0 amide bonds. The lowest BCUT2D eigenvalue weighted by Gasteiger charge is -2.22. The van der Waals surface area contributed by atoms with Gasteiger partial charge in [-0.05, 0) is 45.2 Å². The zero-order valence-corrected chi connectivity index (χ0v) is 17.7. The number of aryl methyl sites for hydroxylation is 1. The molecule has 1 aliphatic heterocycles. The van der Waals surface area contributed by atoms with E-state index in [1.54, 1.807) is 12.1 Å². The fourth-order valence-corrected chi connectivity index (χ4v) is 6.17. The molecule has 1 atom stereocenters. The van der Waals surface area contributed by atoms with Crippen molar-refractivity contribution in [2.45, 2.75) is 51.7 Å². The quantitative estimate of drug-likeness (QED) is 0.646. The third-order valence-electron chi connectivity index (χ3n) is 6.10. The Hall–Kier alpha value is -1.99. The van der Waals surface area contributed by atoms with Crippen LogP contribution in [-0.4, -0.2) is 47.8 Å². The van der Waals surface area contributed by atoms with Crippen LogP contribution in [0.2, 0.25) is 0 Å². The zero-order valence-electron chi connectivity index (χ0n) is 16.9. The first-order valence-corrected chi connectivity index (χ1v) is 12.0. The second-order valence-electron chi connectivity index (χ2n) is 8.36. The maximum absolute atomic E-state index is 14.1. The molecule has 0 N–H and O–H groups in total. The first kappa shape index (κ1) is 20.3. The van der Waals surface area contributed by atoms with Gasteiger partial charge in [0.2, 0.25) is 0 Å². The Morgan fingerprint density at radius 1 is 1.21 bits per heavy atom. The monoisotopic (exact) mass is 418 g/mol. The molecule has 0 radical (unpaired) electrons. The molecular weight excluding hydrogens is 391 g/mol. The van der Waals surface area contributed by atoms with Crippen LogP contribution in [0.15, 0.2) is 30.3 Å². The van der Waals surface area contributed by atoms with Gasteiger partial charge in [0, 0.05) is 41.1 Å². The Morgan fingerprint density at radius 3 is 2.55 bits per heavy atom. The Kier molecular flexibility index (Phi) is 5.38. The van der Waals surface area contributed by atoms with Gasteiger partial charge in [-0.25, -0.2) is 12.8 Å². The number of hydrogen-bond donors (Lipinski definition) is 0. The van der Waals surface area contributed by atoms with Crippen molar-refractivity contribution in [3.8, 4) is 0 Å². The summed E-state index contributed by atoms with van der Waals surface area (Å²) in [5.74, 6) is 0.105. The highest BCUT2D eigenvalue weighted by atomic mass is 32.2. The standard InChI is InChI=1S/C22H27FN2O3S/c1-15-11-20(16(2)25(15)19-9-10-29(27,28)14-19)22(26)13-24(18-7-8-18)12-17-5-3-4-6-21(17)23/h3-6,11,18-19H,7-10,12-14H2,1-2H3. The van der Waals surface area contributed by atoms with E-state index in [2.05, 4.69) is 4.90 Å². The second-order valence-corrected chi connectivity index (χ2v) is 10.6. The Bertz CT molecular complexity index is 1040. The third kappa shape index (κ3) is 4.31. The molecular formula is C22H27FN2O3S. The fourth-order valence-electron chi connectivity index (χ4n) is 4.47. The molecule has 1 saturated carbocycles. The molecule has 156 valence electrons. The topological polar surface area (TPSA) is 59.4 Å². The maximum atomic E-state index is 14.1. The van der Waals surface area contributed by atoms with Gasteiger partial charge in [-0.1, -0.05) is 18.2 Å². The molecule has 7 heteroatoms. The normalized spacial score (nSPS) is 21.0. The fraction of sp³-hybridized carbons (Fsp3) is 0.500. The van der Waals surface area contributed by atoms with E-state index in [-0.39, 0.29) is 35.7 Å². The van der Waals surface area contributed by atoms with Crippen molar-refractivity contribution in [1.82, 2.24) is 9.47 Å². The van der Waals surface area contributed by atoms with E-state index < -0.39 is 9.84 Å². The molecule has 2 heterocycles. The van der Waals surface area contributed by atoms with E-state index in [0.717, 1.165) is 24.2 Å². The van der Waals surface area contributed by atoms with Crippen molar-refractivity contribution in [2.75, 3.05) is 18.1 Å². The SMILES string of the molecule is Cc1cc(C(=O)CN(Cc2ccccc2F)C2CC2)c(C)n1C1CCS(=O)(=O)C1. The third-order valence-corrected chi connectivity index (χ3v) is 7.85. The predicted octanol–water partition coefficient (Wildman–Crippen LogP) is 3.45. The number of carbonyl (C=O) groups excluding carboxylic acids is 1. The van der Waals surface area contributed by atoms with Gasteiger partial charge in [0.25, 0.3) is 0 Å². The van der Waals surface area contributed by atoms with Crippen molar-refractivity contribution >= 4 is 15.6 Å². The van der Waals surface area contributed by atoms with Crippen molar-refractivity contribution < 1.29 is 17.6 Å². The predicted molar refractivity (Wildman–Crippen MR) is 110 cm³/mol. The first-order valence-electron chi connectivity index (χ1n) is 10.1. The summed E-state index contributed by atoms with van der Waals surface area (Å²) in [6.07, 6.45) is 2.65. The Labute approximate surface area is 171 Å². The van der Waals surface area contributed by atoms with Crippen molar-refractivity contribution in [1.29, 1.82) is 0 Å². The van der Waals surface area contributed by atoms with Gasteiger partial charge in [0.1, 0.15) is 5.82 Å². The number of halogens is 1. The Balaban J connectivity index is 1.53. The van der Waals surface area contributed by atoms with Crippen LogP contribution in [0.3, 0.4) is 0 Å². The maximum Gasteiger partial charge on any atom is 0.178 e. The smallest absolute Gasteiger partial charge is 0.178 e. The number of benzene rings is 1. The van der Waals surface area contributed by atoms with Crippen LogP contribution in [-0.2, 0) is 16.4 Å². The lowest BCUT2D eigenvalue weighted by molar-refractivity contribution is 0.0917. The summed E-state index contributed by atoms with van der Waals surface area (Å²) in [6, 6.07) is 8.80. The molecule has 1 saturated heterocycles. The summed E-state index contributed by atoms with van der Waals surface area (Å²) in [7, 11) is -3.00. The Morgan fingerprint density at radius 2 is 1.93 bits per heavy atom. The highest BCUT2D eigenvalue weighted by Crippen LogP contribution is 2.31. The number of Topliss-reactive ketones (excluding diaryl/α,β-unsaturated/α-hetero) is 1. The van der Waals surface area contributed by atoms with Gasteiger partial charge in [0.15, 0.2) is 15.6 Å². The summed E-state index contributed by atoms with van der Waals surface area (Å²) in [6.45, 7) is 4.48. The summed E-state index contributed by atoms with van der Waals surface area (Å²) in [5, 5.41) is 0. The minimum atomic E-state index is -3.00. The molecule has 29 heavy (non-hydrogen) atoms. The van der Waals surface area contributed by atoms with Crippen LogP contribution < -0.4 is 0 Å². The number of ketones is 1. The summed E-state index contributed by atoms with van der Waals surface area (Å²) >= 11 is 0. The van der Waals surface area contributed by atoms with E-state index >= 15 is 0 Å². The lowest BCUT2D eigenvalue weighted by Crippen LogP contribution is -2.32. The molecule has 1 unspecified atom stereocenters. The average molecular weight is 419 g/mol.